The summed E-state index contributed by atoms with van der Waals surface area (Å²) in [6, 6.07) is 0. The minimum Gasteiger partial charge on any atom is -0.463 e. The monoisotopic (exact) mass is 235 g/mol. The van der Waals surface area contributed by atoms with Gasteiger partial charge in [-0.2, -0.15) is 5.10 Å². The number of hydrogen-bond donors (Lipinski definition) is 0. The fourth-order valence-corrected chi connectivity index (χ4v) is 1.75. The van der Waals surface area contributed by atoms with Crippen LogP contribution in [0.5, 0.6) is 0 Å². The van der Waals surface area contributed by atoms with Gasteiger partial charge in [0.1, 0.15) is 5.82 Å². The standard InChI is InChI=1S/C11H13N3O3/c1-2-17-10(16)4-3-9-7-12-14-6-5-13(8-15)11(9)14/h3-4,7-8H,2,5-6H2,1H3/b4-3+. The maximum Gasteiger partial charge on any atom is 0.330 e. The van der Waals surface area contributed by atoms with Gasteiger partial charge in [0.15, 0.2) is 0 Å². The molecule has 1 aromatic heterocycles. The lowest BCUT2D eigenvalue weighted by Gasteiger charge is -2.07. The molecule has 17 heavy (non-hydrogen) atoms. The lowest BCUT2D eigenvalue weighted by molar-refractivity contribution is -0.137. The van der Waals surface area contributed by atoms with Crippen molar-refractivity contribution in [3.63, 3.8) is 0 Å². The minimum atomic E-state index is -0.400. The summed E-state index contributed by atoms with van der Waals surface area (Å²) < 4.78 is 6.51. The molecule has 0 aliphatic carbocycles. The van der Waals surface area contributed by atoms with E-state index in [1.165, 1.54) is 6.08 Å². The third-order valence-electron chi connectivity index (χ3n) is 2.48. The van der Waals surface area contributed by atoms with Crippen molar-refractivity contribution in [2.45, 2.75) is 13.5 Å². The first-order chi connectivity index (χ1) is 8.26. The molecule has 1 aliphatic heterocycles. The van der Waals surface area contributed by atoms with Gasteiger partial charge in [0, 0.05) is 18.2 Å². The maximum atomic E-state index is 11.2. The Kier molecular flexibility index (Phi) is 3.22. The molecule has 6 heteroatoms. The second-order valence-electron chi connectivity index (χ2n) is 3.53. The summed E-state index contributed by atoms with van der Waals surface area (Å²) in [6.07, 6.45) is 5.34. The molecule has 2 rings (SSSR count). The molecule has 0 aromatic carbocycles. The molecule has 1 amide bonds. The zero-order valence-corrected chi connectivity index (χ0v) is 9.50. The quantitative estimate of drug-likeness (QED) is 0.431. The smallest absolute Gasteiger partial charge is 0.330 e. The zero-order chi connectivity index (χ0) is 12.3. The van der Waals surface area contributed by atoms with Crippen molar-refractivity contribution in [1.82, 2.24) is 9.78 Å². The summed E-state index contributed by atoms with van der Waals surface area (Å²) in [5, 5.41) is 4.13. The van der Waals surface area contributed by atoms with Crippen LogP contribution in [0.4, 0.5) is 5.82 Å². The number of aromatic nitrogens is 2. The topological polar surface area (TPSA) is 64.4 Å². The molecule has 6 nitrogen and oxygen atoms in total. The van der Waals surface area contributed by atoms with Crippen molar-refractivity contribution in [3.8, 4) is 0 Å². The van der Waals surface area contributed by atoms with E-state index in [1.54, 1.807) is 28.8 Å². The second kappa shape index (κ2) is 4.82. The predicted molar refractivity (Wildman–Crippen MR) is 61.3 cm³/mol. The molecule has 0 fully saturated rings. The normalized spacial score (nSPS) is 14.1. The third-order valence-corrected chi connectivity index (χ3v) is 2.48. The second-order valence-corrected chi connectivity index (χ2v) is 3.53. The fourth-order valence-electron chi connectivity index (χ4n) is 1.75. The number of anilines is 1. The van der Waals surface area contributed by atoms with Crippen LogP contribution in [-0.4, -0.2) is 35.3 Å². The van der Waals surface area contributed by atoms with E-state index in [-0.39, 0.29) is 0 Å². The summed E-state index contributed by atoms with van der Waals surface area (Å²) in [7, 11) is 0. The van der Waals surface area contributed by atoms with Gasteiger partial charge in [0.05, 0.1) is 19.3 Å². The molecular weight excluding hydrogens is 222 g/mol. The van der Waals surface area contributed by atoms with Gasteiger partial charge in [-0.3, -0.25) is 9.69 Å². The fraction of sp³-hybridized carbons (Fsp3) is 0.364. The molecular formula is C11H13N3O3. The van der Waals surface area contributed by atoms with Crippen LogP contribution in [0.1, 0.15) is 12.5 Å². The maximum absolute atomic E-state index is 11.2. The molecule has 2 heterocycles. The highest BCUT2D eigenvalue weighted by Crippen LogP contribution is 2.25. The Hall–Kier alpha value is -2.11. The number of carbonyl (C=O) groups is 2. The van der Waals surface area contributed by atoms with Crippen molar-refractivity contribution in [2.75, 3.05) is 18.1 Å². The van der Waals surface area contributed by atoms with E-state index in [2.05, 4.69) is 5.10 Å². The van der Waals surface area contributed by atoms with E-state index in [4.69, 9.17) is 4.74 Å². The third kappa shape index (κ3) is 2.20. The van der Waals surface area contributed by atoms with Crippen LogP contribution in [0.3, 0.4) is 0 Å². The molecule has 0 spiro atoms. The Bertz CT molecular complexity index is 465. The van der Waals surface area contributed by atoms with Gasteiger partial charge in [-0.1, -0.05) is 0 Å². The van der Waals surface area contributed by atoms with Gasteiger partial charge in [-0.05, 0) is 13.0 Å². The average Bonchev–Trinajstić information content (AvgIpc) is 2.88. The molecule has 1 aromatic rings. The Labute approximate surface area is 98.5 Å². The van der Waals surface area contributed by atoms with E-state index < -0.39 is 5.97 Å². The van der Waals surface area contributed by atoms with Crippen LogP contribution in [0.15, 0.2) is 12.3 Å². The largest absolute Gasteiger partial charge is 0.463 e. The molecule has 0 N–H and O–H groups in total. The van der Waals surface area contributed by atoms with Gasteiger partial charge in [0.25, 0.3) is 0 Å². The Balaban J connectivity index is 2.18. The van der Waals surface area contributed by atoms with E-state index >= 15 is 0 Å². The van der Waals surface area contributed by atoms with Crippen molar-refractivity contribution in [2.24, 2.45) is 0 Å². The summed E-state index contributed by atoms with van der Waals surface area (Å²) >= 11 is 0. The number of ether oxygens (including phenoxy) is 1. The Morgan fingerprint density at radius 3 is 3.12 bits per heavy atom. The van der Waals surface area contributed by atoms with Gasteiger partial charge < -0.3 is 4.74 Å². The number of amides is 1. The first kappa shape index (κ1) is 11.4. The van der Waals surface area contributed by atoms with Gasteiger partial charge >= 0.3 is 5.97 Å². The van der Waals surface area contributed by atoms with Crippen molar-refractivity contribution in [1.29, 1.82) is 0 Å². The van der Waals surface area contributed by atoms with E-state index in [0.29, 0.717) is 19.7 Å². The Morgan fingerprint density at radius 1 is 1.59 bits per heavy atom. The highest BCUT2D eigenvalue weighted by atomic mass is 16.5. The Morgan fingerprint density at radius 2 is 2.41 bits per heavy atom. The van der Waals surface area contributed by atoms with Gasteiger partial charge in [-0.15, -0.1) is 0 Å². The molecule has 0 saturated carbocycles. The predicted octanol–water partition coefficient (Wildman–Crippen LogP) is 0.436. The number of hydrogen-bond acceptors (Lipinski definition) is 4. The van der Waals surface area contributed by atoms with Gasteiger partial charge in [0.2, 0.25) is 6.41 Å². The summed E-state index contributed by atoms with van der Waals surface area (Å²) in [6.45, 7) is 3.39. The molecule has 0 saturated heterocycles. The molecule has 0 radical (unpaired) electrons. The first-order valence-corrected chi connectivity index (χ1v) is 5.39. The van der Waals surface area contributed by atoms with Crippen LogP contribution < -0.4 is 4.90 Å². The number of esters is 1. The number of rotatable bonds is 4. The lowest BCUT2D eigenvalue weighted by atomic mass is 10.3. The number of nitrogens with zero attached hydrogens (tertiary/aromatic N) is 3. The van der Waals surface area contributed by atoms with Crippen LogP contribution in [0.2, 0.25) is 0 Å². The summed E-state index contributed by atoms with van der Waals surface area (Å²) in [5.74, 6) is 0.323. The van der Waals surface area contributed by atoms with E-state index in [1.807, 2.05) is 0 Å². The molecule has 0 unspecified atom stereocenters. The van der Waals surface area contributed by atoms with Crippen LogP contribution in [-0.2, 0) is 20.9 Å². The first-order valence-electron chi connectivity index (χ1n) is 5.39. The molecule has 0 bridgehead atoms. The highest BCUT2D eigenvalue weighted by Gasteiger charge is 2.22. The van der Waals surface area contributed by atoms with Gasteiger partial charge in [-0.25, -0.2) is 9.48 Å². The molecule has 90 valence electrons. The zero-order valence-electron chi connectivity index (χ0n) is 9.50. The molecule has 1 aliphatic rings. The highest BCUT2D eigenvalue weighted by molar-refractivity contribution is 5.89. The van der Waals surface area contributed by atoms with E-state index in [0.717, 1.165) is 17.8 Å². The lowest BCUT2D eigenvalue weighted by Crippen LogP contribution is -2.17. The van der Waals surface area contributed by atoms with Crippen LogP contribution >= 0.6 is 0 Å². The number of fused-ring (bicyclic) bond motifs is 1. The van der Waals surface area contributed by atoms with Crippen molar-refractivity contribution < 1.29 is 14.3 Å². The summed E-state index contributed by atoms with van der Waals surface area (Å²) in [4.78, 5) is 23.6. The van der Waals surface area contributed by atoms with Crippen LogP contribution in [0, 0.1) is 0 Å². The number of carbonyl (C=O) groups excluding carboxylic acids is 2. The SMILES string of the molecule is CCOC(=O)/C=C/c1cnn2c1N(C=O)CC2. The summed E-state index contributed by atoms with van der Waals surface area (Å²) in [5.41, 5.74) is 0.739. The van der Waals surface area contributed by atoms with Crippen LogP contribution in [0.25, 0.3) is 6.08 Å². The average molecular weight is 235 g/mol. The van der Waals surface area contributed by atoms with E-state index in [9.17, 15) is 9.59 Å². The molecule has 0 atom stereocenters. The van der Waals surface area contributed by atoms with Crippen molar-refractivity contribution >= 4 is 24.3 Å². The van der Waals surface area contributed by atoms with Crippen molar-refractivity contribution in [3.05, 3.63) is 17.8 Å². The minimum absolute atomic E-state index is 0.343.